The van der Waals surface area contributed by atoms with Crippen molar-refractivity contribution in [2.75, 3.05) is 12.3 Å². The summed E-state index contributed by atoms with van der Waals surface area (Å²) in [5.74, 6) is 0.207. The first-order valence-corrected chi connectivity index (χ1v) is 8.18. The molecule has 3 nitrogen and oxygen atoms in total. The van der Waals surface area contributed by atoms with E-state index in [0.717, 1.165) is 13.0 Å². The van der Waals surface area contributed by atoms with Gasteiger partial charge in [0.2, 0.25) is 0 Å². The zero-order valence-corrected chi connectivity index (χ0v) is 12.3. The third-order valence-electron chi connectivity index (χ3n) is 3.10. The van der Waals surface area contributed by atoms with Crippen LogP contribution in [-0.2, 0) is 22.8 Å². The quantitative estimate of drug-likeness (QED) is 0.772. The van der Waals surface area contributed by atoms with E-state index in [4.69, 9.17) is 0 Å². The third-order valence-corrected chi connectivity index (χ3v) is 5.31. The molecule has 1 aromatic carbocycles. The van der Waals surface area contributed by atoms with Crippen LogP contribution in [0.1, 0.15) is 31.9 Å². The van der Waals surface area contributed by atoms with E-state index in [0.29, 0.717) is 6.54 Å². The molecule has 0 aliphatic heterocycles. The molecule has 0 saturated carbocycles. The molecule has 1 rings (SSSR count). The van der Waals surface area contributed by atoms with Crippen molar-refractivity contribution >= 4 is 9.84 Å². The molecule has 0 amide bonds. The summed E-state index contributed by atoms with van der Waals surface area (Å²) in [5, 5.41) is 2.92. The summed E-state index contributed by atoms with van der Waals surface area (Å²) < 4.78 is 23.2. The standard InChI is InChI=1S/C14H23NO2S/c1-4-13-7-5-6-8-14(13)11-15-9-10-18(16,17)12(2)3/h5-8,12,15H,4,9-11H2,1-3H3. The molecule has 0 atom stereocenters. The van der Waals surface area contributed by atoms with Gasteiger partial charge in [-0.3, -0.25) is 0 Å². The Balaban J connectivity index is 2.43. The topological polar surface area (TPSA) is 46.2 Å². The molecule has 0 fully saturated rings. The van der Waals surface area contributed by atoms with Gasteiger partial charge in [-0.25, -0.2) is 8.42 Å². The summed E-state index contributed by atoms with van der Waals surface area (Å²) in [6.45, 7) is 6.82. The second-order valence-corrected chi connectivity index (χ2v) is 7.39. The molecule has 0 bridgehead atoms. The van der Waals surface area contributed by atoms with Gasteiger partial charge in [0.15, 0.2) is 9.84 Å². The normalized spacial score (nSPS) is 12.0. The molecule has 1 aromatic rings. The summed E-state index contributed by atoms with van der Waals surface area (Å²) in [7, 11) is -2.93. The molecule has 0 heterocycles. The minimum absolute atomic E-state index is 0.207. The number of hydrogen-bond donors (Lipinski definition) is 1. The van der Waals surface area contributed by atoms with Gasteiger partial charge in [0.25, 0.3) is 0 Å². The maximum atomic E-state index is 11.6. The first kappa shape index (κ1) is 15.2. The SMILES string of the molecule is CCc1ccccc1CNCCS(=O)(=O)C(C)C. The van der Waals surface area contributed by atoms with Gasteiger partial charge in [-0.15, -0.1) is 0 Å². The van der Waals surface area contributed by atoms with Crippen molar-refractivity contribution in [1.29, 1.82) is 0 Å². The molecular weight excluding hydrogens is 246 g/mol. The van der Waals surface area contributed by atoms with Gasteiger partial charge in [0.1, 0.15) is 0 Å². The van der Waals surface area contributed by atoms with E-state index in [1.54, 1.807) is 13.8 Å². The monoisotopic (exact) mass is 269 g/mol. The number of sulfone groups is 1. The molecule has 18 heavy (non-hydrogen) atoms. The zero-order chi connectivity index (χ0) is 13.6. The fraction of sp³-hybridized carbons (Fsp3) is 0.571. The van der Waals surface area contributed by atoms with Crippen LogP contribution in [0.25, 0.3) is 0 Å². The lowest BCUT2D eigenvalue weighted by atomic mass is 10.1. The fourth-order valence-electron chi connectivity index (χ4n) is 1.75. The average Bonchev–Trinajstić information content (AvgIpc) is 2.35. The summed E-state index contributed by atoms with van der Waals surface area (Å²) in [5.41, 5.74) is 2.57. The summed E-state index contributed by atoms with van der Waals surface area (Å²) in [6.07, 6.45) is 1.00. The lowest BCUT2D eigenvalue weighted by Crippen LogP contribution is -2.27. The van der Waals surface area contributed by atoms with Gasteiger partial charge >= 0.3 is 0 Å². The minimum atomic E-state index is -2.93. The van der Waals surface area contributed by atoms with Crippen LogP contribution in [-0.4, -0.2) is 26.0 Å². The molecule has 0 spiro atoms. The van der Waals surface area contributed by atoms with Crippen LogP contribution in [0.4, 0.5) is 0 Å². The Kier molecular flexibility index (Phi) is 5.82. The lowest BCUT2D eigenvalue weighted by Gasteiger charge is -2.10. The number of aryl methyl sites for hydroxylation is 1. The smallest absolute Gasteiger partial charge is 0.153 e. The molecule has 0 saturated heterocycles. The minimum Gasteiger partial charge on any atom is -0.312 e. The van der Waals surface area contributed by atoms with E-state index in [2.05, 4.69) is 24.4 Å². The Hall–Kier alpha value is -0.870. The van der Waals surface area contributed by atoms with Crippen LogP contribution in [0.2, 0.25) is 0 Å². The largest absolute Gasteiger partial charge is 0.312 e. The van der Waals surface area contributed by atoms with E-state index in [-0.39, 0.29) is 11.0 Å². The number of rotatable bonds is 7. The van der Waals surface area contributed by atoms with Crippen LogP contribution in [0.5, 0.6) is 0 Å². The Bertz CT molecular complexity index is 466. The third kappa shape index (κ3) is 4.42. The number of hydrogen-bond acceptors (Lipinski definition) is 3. The molecule has 0 aliphatic rings. The average molecular weight is 269 g/mol. The van der Waals surface area contributed by atoms with Gasteiger partial charge in [-0.2, -0.15) is 0 Å². The van der Waals surface area contributed by atoms with Gasteiger partial charge in [0, 0.05) is 13.1 Å². The van der Waals surface area contributed by atoms with E-state index >= 15 is 0 Å². The van der Waals surface area contributed by atoms with Crippen LogP contribution in [0, 0.1) is 0 Å². The highest BCUT2D eigenvalue weighted by atomic mass is 32.2. The highest BCUT2D eigenvalue weighted by Crippen LogP contribution is 2.08. The molecule has 0 aromatic heterocycles. The highest BCUT2D eigenvalue weighted by molar-refractivity contribution is 7.92. The van der Waals surface area contributed by atoms with E-state index in [9.17, 15) is 8.42 Å². The summed E-state index contributed by atoms with van der Waals surface area (Å²) in [6, 6.07) is 8.25. The number of benzene rings is 1. The van der Waals surface area contributed by atoms with Gasteiger partial charge in [0.05, 0.1) is 11.0 Å². The van der Waals surface area contributed by atoms with Crippen molar-refractivity contribution in [3.05, 3.63) is 35.4 Å². The van der Waals surface area contributed by atoms with Crippen molar-refractivity contribution < 1.29 is 8.42 Å². The first-order chi connectivity index (χ1) is 8.47. The highest BCUT2D eigenvalue weighted by Gasteiger charge is 2.14. The first-order valence-electron chi connectivity index (χ1n) is 6.46. The van der Waals surface area contributed by atoms with Crippen molar-refractivity contribution in [3.8, 4) is 0 Å². The second kappa shape index (κ2) is 6.90. The molecule has 4 heteroatoms. The van der Waals surface area contributed by atoms with Crippen LogP contribution < -0.4 is 5.32 Å². The summed E-state index contributed by atoms with van der Waals surface area (Å²) >= 11 is 0. The van der Waals surface area contributed by atoms with Crippen molar-refractivity contribution in [2.45, 2.75) is 39.0 Å². The maximum Gasteiger partial charge on any atom is 0.153 e. The Morgan fingerprint density at radius 1 is 1.17 bits per heavy atom. The van der Waals surface area contributed by atoms with Gasteiger partial charge < -0.3 is 5.32 Å². The van der Waals surface area contributed by atoms with Crippen LogP contribution >= 0.6 is 0 Å². The summed E-state index contributed by atoms with van der Waals surface area (Å²) in [4.78, 5) is 0. The second-order valence-electron chi connectivity index (χ2n) is 4.71. The predicted molar refractivity (Wildman–Crippen MR) is 76.4 cm³/mol. The van der Waals surface area contributed by atoms with Gasteiger partial charge in [-0.05, 0) is 31.4 Å². The van der Waals surface area contributed by atoms with Crippen molar-refractivity contribution in [3.63, 3.8) is 0 Å². The van der Waals surface area contributed by atoms with Gasteiger partial charge in [-0.1, -0.05) is 31.2 Å². The zero-order valence-electron chi connectivity index (χ0n) is 11.4. The van der Waals surface area contributed by atoms with Crippen molar-refractivity contribution in [2.24, 2.45) is 0 Å². The molecule has 1 N–H and O–H groups in total. The Labute approximate surface area is 111 Å². The molecule has 0 radical (unpaired) electrons. The van der Waals surface area contributed by atoms with Crippen molar-refractivity contribution in [1.82, 2.24) is 5.32 Å². The molecule has 0 unspecified atom stereocenters. The Morgan fingerprint density at radius 2 is 1.78 bits per heavy atom. The maximum absolute atomic E-state index is 11.6. The van der Waals surface area contributed by atoms with Crippen LogP contribution in [0.15, 0.2) is 24.3 Å². The van der Waals surface area contributed by atoms with E-state index < -0.39 is 9.84 Å². The Morgan fingerprint density at radius 3 is 2.33 bits per heavy atom. The van der Waals surface area contributed by atoms with Crippen LogP contribution in [0.3, 0.4) is 0 Å². The predicted octanol–water partition coefficient (Wildman–Crippen LogP) is 2.16. The fourth-order valence-corrected chi connectivity index (χ4v) is 2.65. The number of nitrogens with one attached hydrogen (secondary N) is 1. The van der Waals surface area contributed by atoms with E-state index in [1.165, 1.54) is 11.1 Å². The lowest BCUT2D eigenvalue weighted by molar-refractivity contribution is 0.582. The van der Waals surface area contributed by atoms with E-state index in [1.807, 2.05) is 12.1 Å². The molecular formula is C14H23NO2S. The molecule has 0 aliphatic carbocycles. The molecule has 102 valence electrons.